The van der Waals surface area contributed by atoms with Crippen LogP contribution in [-0.4, -0.2) is 51.4 Å². The lowest BCUT2D eigenvalue weighted by molar-refractivity contribution is 0.0185. The van der Waals surface area contributed by atoms with Gasteiger partial charge in [0.25, 0.3) is 5.91 Å². The number of halogens is 1. The van der Waals surface area contributed by atoms with Crippen molar-refractivity contribution in [3.05, 3.63) is 136 Å². The SMILES string of the molecule is CC(C)(C)OC(=O)N1CCC[C@@H](NC(=O)c2ccc3c(c2)c(Br)nn3C(c2ccccc2)(c2ccccc2)c2ccccc2)C1. The van der Waals surface area contributed by atoms with Crippen molar-refractivity contribution in [1.29, 1.82) is 0 Å². The third-order valence-electron chi connectivity index (χ3n) is 8.20. The fourth-order valence-corrected chi connectivity index (χ4v) is 6.72. The molecule has 1 aromatic heterocycles. The van der Waals surface area contributed by atoms with Gasteiger partial charge in [-0.15, -0.1) is 0 Å². The lowest BCUT2D eigenvalue weighted by Gasteiger charge is -2.37. The number of aromatic nitrogens is 2. The molecule has 0 radical (unpaired) electrons. The summed E-state index contributed by atoms with van der Waals surface area (Å²) in [5, 5.41) is 9.09. The van der Waals surface area contributed by atoms with E-state index >= 15 is 0 Å². The first kappa shape index (κ1) is 30.6. The highest BCUT2D eigenvalue weighted by molar-refractivity contribution is 9.10. The zero-order chi connectivity index (χ0) is 31.6. The summed E-state index contributed by atoms with van der Waals surface area (Å²) < 4.78 is 8.27. The number of nitrogens with one attached hydrogen (secondary N) is 1. The summed E-state index contributed by atoms with van der Waals surface area (Å²) in [6.07, 6.45) is 1.24. The summed E-state index contributed by atoms with van der Waals surface area (Å²) in [6, 6.07) is 36.7. The Balaban J connectivity index is 1.38. The van der Waals surface area contributed by atoms with Crippen molar-refractivity contribution in [1.82, 2.24) is 20.0 Å². The van der Waals surface area contributed by atoms with Crippen molar-refractivity contribution >= 4 is 38.8 Å². The van der Waals surface area contributed by atoms with Gasteiger partial charge in [0.05, 0.1) is 5.52 Å². The normalized spacial score (nSPS) is 15.6. The first-order valence-corrected chi connectivity index (χ1v) is 16.1. The van der Waals surface area contributed by atoms with Crippen molar-refractivity contribution in [2.24, 2.45) is 0 Å². The van der Waals surface area contributed by atoms with Crippen LogP contribution in [0.4, 0.5) is 4.79 Å². The van der Waals surface area contributed by atoms with Crippen LogP contribution in [0.5, 0.6) is 0 Å². The van der Waals surface area contributed by atoms with Crippen LogP contribution < -0.4 is 5.32 Å². The number of hydrogen-bond donors (Lipinski definition) is 1. The van der Waals surface area contributed by atoms with Crippen LogP contribution >= 0.6 is 15.9 Å². The molecule has 1 saturated heterocycles. The molecular formula is C37H37BrN4O3. The Kier molecular flexibility index (Phi) is 8.51. The van der Waals surface area contributed by atoms with E-state index in [1.165, 1.54) is 0 Å². The minimum atomic E-state index is -0.787. The maximum Gasteiger partial charge on any atom is 0.410 e. The number of fused-ring (bicyclic) bond motifs is 1. The predicted octanol–water partition coefficient (Wildman–Crippen LogP) is 7.77. The number of amides is 2. The van der Waals surface area contributed by atoms with E-state index in [1.54, 1.807) is 4.90 Å². The molecule has 0 saturated carbocycles. The molecule has 1 aliphatic heterocycles. The molecule has 1 fully saturated rings. The van der Waals surface area contributed by atoms with Crippen LogP contribution in [0.3, 0.4) is 0 Å². The highest BCUT2D eigenvalue weighted by Crippen LogP contribution is 2.43. The van der Waals surface area contributed by atoms with E-state index in [0.29, 0.717) is 23.3 Å². The fourth-order valence-electron chi connectivity index (χ4n) is 6.24. The number of ether oxygens (including phenoxy) is 1. The Labute approximate surface area is 272 Å². The molecule has 45 heavy (non-hydrogen) atoms. The molecule has 0 bridgehead atoms. The minimum absolute atomic E-state index is 0.164. The van der Waals surface area contributed by atoms with E-state index < -0.39 is 11.1 Å². The third kappa shape index (κ3) is 6.12. The van der Waals surface area contributed by atoms with Gasteiger partial charge in [-0.25, -0.2) is 9.48 Å². The van der Waals surface area contributed by atoms with E-state index in [1.807, 2.05) is 93.6 Å². The summed E-state index contributed by atoms with van der Waals surface area (Å²) in [6.45, 7) is 6.60. The van der Waals surface area contributed by atoms with Gasteiger partial charge in [-0.1, -0.05) is 91.0 Å². The topological polar surface area (TPSA) is 76.5 Å². The summed E-state index contributed by atoms with van der Waals surface area (Å²) >= 11 is 3.74. The second-order valence-corrected chi connectivity index (χ2v) is 13.2. The Hall–Kier alpha value is -4.43. The quantitative estimate of drug-likeness (QED) is 0.188. The highest BCUT2D eigenvalue weighted by atomic mass is 79.9. The fraction of sp³-hybridized carbons (Fsp3) is 0.270. The summed E-state index contributed by atoms with van der Waals surface area (Å²) in [5.74, 6) is -0.187. The number of likely N-dealkylation sites (tertiary alicyclic amines) is 1. The Morgan fingerprint density at radius 3 is 1.93 bits per heavy atom. The molecule has 4 aromatic carbocycles. The van der Waals surface area contributed by atoms with Crippen LogP contribution in [0.2, 0.25) is 0 Å². The van der Waals surface area contributed by atoms with E-state index in [2.05, 4.69) is 62.3 Å². The standard InChI is InChI=1S/C37H37BrN4O3/c1-36(2,3)45-35(44)41-23-13-20-30(25-41)39-34(43)26-21-22-32-31(24-26)33(38)40-42(32)37(27-14-7-4-8-15-27,28-16-9-5-10-17-28)29-18-11-6-12-19-29/h4-12,14-19,21-22,24,30H,13,20,23,25H2,1-3H3,(H,39,43)/t30-/m1/s1. The molecule has 5 aromatic rings. The van der Waals surface area contributed by atoms with Gasteiger partial charge in [0.1, 0.15) is 15.7 Å². The van der Waals surface area contributed by atoms with Crippen molar-refractivity contribution in [3.63, 3.8) is 0 Å². The van der Waals surface area contributed by atoms with Gasteiger partial charge >= 0.3 is 6.09 Å². The molecule has 1 aliphatic rings. The van der Waals surface area contributed by atoms with Gasteiger partial charge in [-0.2, -0.15) is 5.10 Å². The Morgan fingerprint density at radius 1 is 0.844 bits per heavy atom. The molecule has 230 valence electrons. The van der Waals surface area contributed by atoms with Crippen molar-refractivity contribution < 1.29 is 14.3 Å². The number of carbonyl (C=O) groups excluding carboxylic acids is 2. The molecule has 6 rings (SSSR count). The van der Waals surface area contributed by atoms with E-state index in [9.17, 15) is 9.59 Å². The maximum absolute atomic E-state index is 13.6. The molecular weight excluding hydrogens is 628 g/mol. The third-order valence-corrected chi connectivity index (χ3v) is 8.78. The van der Waals surface area contributed by atoms with Crippen LogP contribution in [0, 0.1) is 0 Å². The largest absolute Gasteiger partial charge is 0.444 e. The van der Waals surface area contributed by atoms with Crippen LogP contribution in [0.15, 0.2) is 114 Å². The van der Waals surface area contributed by atoms with Crippen LogP contribution in [-0.2, 0) is 10.3 Å². The van der Waals surface area contributed by atoms with Gasteiger partial charge in [-0.3, -0.25) is 4.79 Å². The smallest absolute Gasteiger partial charge is 0.410 e. The first-order chi connectivity index (χ1) is 21.7. The number of carbonyl (C=O) groups is 2. The lowest BCUT2D eigenvalue weighted by Crippen LogP contribution is -2.50. The van der Waals surface area contributed by atoms with Gasteiger partial charge in [-0.05, 0) is 84.4 Å². The second-order valence-electron chi connectivity index (χ2n) is 12.5. The van der Waals surface area contributed by atoms with E-state index in [0.717, 1.165) is 40.4 Å². The van der Waals surface area contributed by atoms with Gasteiger partial charge in [0.2, 0.25) is 0 Å². The highest BCUT2D eigenvalue weighted by Gasteiger charge is 2.41. The number of hydrogen-bond acceptors (Lipinski definition) is 4. The average Bonchev–Trinajstić information content (AvgIpc) is 3.38. The van der Waals surface area contributed by atoms with E-state index in [-0.39, 0.29) is 18.0 Å². The van der Waals surface area contributed by atoms with Gasteiger partial charge < -0.3 is 15.0 Å². The van der Waals surface area contributed by atoms with Crippen molar-refractivity contribution in [3.8, 4) is 0 Å². The average molecular weight is 666 g/mol. The summed E-state index contributed by atoms with van der Waals surface area (Å²) in [4.78, 5) is 27.9. The number of benzene rings is 4. The summed E-state index contributed by atoms with van der Waals surface area (Å²) in [5.41, 5.74) is 3.24. The monoisotopic (exact) mass is 664 g/mol. The maximum atomic E-state index is 13.6. The molecule has 2 amide bonds. The molecule has 7 nitrogen and oxygen atoms in total. The molecule has 0 aliphatic carbocycles. The summed E-state index contributed by atoms with van der Waals surface area (Å²) in [7, 11) is 0. The number of nitrogens with zero attached hydrogens (tertiary/aromatic N) is 3. The number of piperidine rings is 1. The molecule has 2 heterocycles. The lowest BCUT2D eigenvalue weighted by atomic mass is 9.77. The van der Waals surface area contributed by atoms with Crippen LogP contribution in [0.1, 0.15) is 60.7 Å². The Morgan fingerprint density at radius 2 is 1.40 bits per heavy atom. The van der Waals surface area contributed by atoms with Gasteiger partial charge in [0.15, 0.2) is 0 Å². The molecule has 0 unspecified atom stereocenters. The van der Waals surface area contributed by atoms with Crippen molar-refractivity contribution in [2.45, 2.75) is 50.8 Å². The number of rotatable bonds is 6. The van der Waals surface area contributed by atoms with E-state index in [4.69, 9.17) is 9.84 Å². The van der Waals surface area contributed by atoms with Gasteiger partial charge in [0, 0.05) is 30.1 Å². The predicted molar refractivity (Wildman–Crippen MR) is 180 cm³/mol. The molecule has 8 heteroatoms. The molecule has 1 N–H and O–H groups in total. The molecule has 1 atom stereocenters. The first-order valence-electron chi connectivity index (χ1n) is 15.3. The second kappa shape index (κ2) is 12.5. The minimum Gasteiger partial charge on any atom is -0.444 e. The molecule has 0 spiro atoms. The van der Waals surface area contributed by atoms with Crippen LogP contribution in [0.25, 0.3) is 10.9 Å². The zero-order valence-corrected chi connectivity index (χ0v) is 27.3. The zero-order valence-electron chi connectivity index (χ0n) is 25.7. The van der Waals surface area contributed by atoms with Crippen molar-refractivity contribution in [2.75, 3.05) is 13.1 Å². The Bertz CT molecular complexity index is 1700.